The van der Waals surface area contributed by atoms with Crippen molar-refractivity contribution in [3.05, 3.63) is 23.5 Å². The molecule has 2 N–H and O–H groups in total. The zero-order valence-electron chi connectivity index (χ0n) is 5.53. The van der Waals surface area contributed by atoms with Crippen LogP contribution in [0.4, 0.5) is 0 Å². The highest BCUT2D eigenvalue weighted by molar-refractivity contribution is 5.97. The van der Waals surface area contributed by atoms with E-state index in [9.17, 15) is 4.79 Å². The average Bonchev–Trinajstić information content (AvgIpc) is 1.82. The van der Waals surface area contributed by atoms with Gasteiger partial charge in [-0.1, -0.05) is 0 Å². The number of rotatable bonds is 0. The van der Waals surface area contributed by atoms with Crippen LogP contribution in [0.1, 0.15) is 6.92 Å². The third-order valence-electron chi connectivity index (χ3n) is 1.30. The van der Waals surface area contributed by atoms with Crippen LogP contribution in [-0.2, 0) is 4.79 Å². The predicted octanol–water partition coefficient (Wildman–Crippen LogP) is 0.318. The van der Waals surface area contributed by atoms with E-state index in [2.05, 4.69) is 0 Å². The van der Waals surface area contributed by atoms with E-state index in [1.54, 1.807) is 6.92 Å². The van der Waals surface area contributed by atoms with Crippen LogP contribution in [-0.4, -0.2) is 22.1 Å². The van der Waals surface area contributed by atoms with E-state index < -0.39 is 11.9 Å². The second-order valence-electron chi connectivity index (χ2n) is 2.26. The molecule has 0 radical (unpaired) electrons. The molecule has 0 aromatic carbocycles. The molecule has 0 bridgehead atoms. The number of aliphatic hydroxyl groups is 2. The normalized spacial score (nSPS) is 25.8. The average molecular weight is 140 g/mol. The predicted molar refractivity (Wildman–Crippen MR) is 35.5 cm³/mol. The maximum atomic E-state index is 10.7. The first kappa shape index (κ1) is 7.02. The summed E-state index contributed by atoms with van der Waals surface area (Å²) in [5.41, 5.74) is 0.660. The summed E-state index contributed by atoms with van der Waals surface area (Å²) in [5.74, 6) is -0.734. The van der Waals surface area contributed by atoms with Gasteiger partial charge in [0.25, 0.3) is 0 Å². The van der Waals surface area contributed by atoms with E-state index >= 15 is 0 Å². The summed E-state index contributed by atoms with van der Waals surface area (Å²) in [6, 6.07) is 0. The summed E-state index contributed by atoms with van der Waals surface area (Å²) in [4.78, 5) is 10.7. The van der Waals surface area contributed by atoms with Gasteiger partial charge in [-0.2, -0.15) is 0 Å². The number of carbonyl (C=O) groups excluding carboxylic acids is 1. The van der Waals surface area contributed by atoms with E-state index in [0.717, 1.165) is 0 Å². The Morgan fingerprint density at radius 3 is 2.60 bits per heavy atom. The Balaban J connectivity index is 2.95. The monoisotopic (exact) mass is 140 g/mol. The van der Waals surface area contributed by atoms with E-state index in [1.807, 2.05) is 0 Å². The molecule has 0 saturated carbocycles. The van der Waals surface area contributed by atoms with E-state index in [4.69, 9.17) is 10.2 Å². The van der Waals surface area contributed by atoms with Crippen LogP contribution < -0.4 is 0 Å². The molecular formula is C7H8O3. The molecule has 0 heterocycles. The van der Waals surface area contributed by atoms with Gasteiger partial charge in [-0.25, -0.2) is 0 Å². The van der Waals surface area contributed by atoms with Crippen molar-refractivity contribution in [3.63, 3.8) is 0 Å². The van der Waals surface area contributed by atoms with Crippen LogP contribution in [0.5, 0.6) is 0 Å². The fourth-order valence-corrected chi connectivity index (χ4v) is 0.803. The molecule has 10 heavy (non-hydrogen) atoms. The summed E-state index contributed by atoms with van der Waals surface area (Å²) < 4.78 is 0. The molecular weight excluding hydrogens is 132 g/mol. The Labute approximate surface area is 58.3 Å². The van der Waals surface area contributed by atoms with Crippen molar-refractivity contribution < 1.29 is 15.0 Å². The van der Waals surface area contributed by atoms with Crippen molar-refractivity contribution >= 4 is 5.78 Å². The fraction of sp³-hybridized carbons (Fsp3) is 0.286. The first-order chi connectivity index (χ1) is 4.61. The summed E-state index contributed by atoms with van der Waals surface area (Å²) >= 11 is 0. The van der Waals surface area contributed by atoms with Crippen molar-refractivity contribution in [2.24, 2.45) is 0 Å². The van der Waals surface area contributed by atoms with Crippen LogP contribution in [0.25, 0.3) is 0 Å². The van der Waals surface area contributed by atoms with Crippen LogP contribution in [0.15, 0.2) is 23.5 Å². The van der Waals surface area contributed by atoms with Crippen molar-refractivity contribution in [1.29, 1.82) is 0 Å². The van der Waals surface area contributed by atoms with Crippen LogP contribution >= 0.6 is 0 Å². The Bertz CT molecular complexity index is 225. The van der Waals surface area contributed by atoms with E-state index in [1.165, 1.54) is 12.2 Å². The van der Waals surface area contributed by atoms with Gasteiger partial charge in [-0.15, -0.1) is 0 Å². The molecule has 0 fully saturated rings. The summed E-state index contributed by atoms with van der Waals surface area (Å²) in [7, 11) is 0. The summed E-state index contributed by atoms with van der Waals surface area (Å²) in [5, 5.41) is 17.7. The van der Waals surface area contributed by atoms with E-state index in [-0.39, 0.29) is 5.76 Å². The van der Waals surface area contributed by atoms with Crippen molar-refractivity contribution in [1.82, 2.24) is 0 Å². The first-order valence-electron chi connectivity index (χ1n) is 2.92. The van der Waals surface area contributed by atoms with Gasteiger partial charge in [0.05, 0.1) is 0 Å². The molecule has 1 atom stereocenters. The standard InChI is InChI=1S/C7H8O3/c1-4-2-5(8)7(10)6(9)3-4/h2-3,7-8,10H,1H3. The molecule has 0 aliphatic heterocycles. The molecule has 0 aromatic rings. The Morgan fingerprint density at radius 2 is 2.10 bits per heavy atom. The van der Waals surface area contributed by atoms with Gasteiger partial charge in [0, 0.05) is 0 Å². The lowest BCUT2D eigenvalue weighted by Crippen LogP contribution is -2.23. The minimum Gasteiger partial charge on any atom is -0.509 e. The molecule has 0 spiro atoms. The zero-order valence-corrected chi connectivity index (χ0v) is 5.53. The van der Waals surface area contributed by atoms with Gasteiger partial charge < -0.3 is 10.2 Å². The van der Waals surface area contributed by atoms with Gasteiger partial charge >= 0.3 is 0 Å². The number of ketones is 1. The minimum atomic E-state index is -1.34. The second kappa shape index (κ2) is 2.27. The summed E-state index contributed by atoms with van der Waals surface area (Å²) in [6.45, 7) is 1.68. The molecule has 0 aromatic heterocycles. The molecule has 1 aliphatic rings. The molecule has 3 nitrogen and oxygen atoms in total. The third-order valence-corrected chi connectivity index (χ3v) is 1.30. The van der Waals surface area contributed by atoms with Gasteiger partial charge in [0.2, 0.25) is 0 Å². The lowest BCUT2D eigenvalue weighted by molar-refractivity contribution is -0.122. The SMILES string of the molecule is CC1=CC(=O)C(O)C(O)=C1. The largest absolute Gasteiger partial charge is 0.509 e. The van der Waals surface area contributed by atoms with Crippen molar-refractivity contribution in [3.8, 4) is 0 Å². The highest BCUT2D eigenvalue weighted by Crippen LogP contribution is 2.11. The third kappa shape index (κ3) is 1.09. The number of allylic oxidation sites excluding steroid dienone is 2. The lowest BCUT2D eigenvalue weighted by atomic mass is 10.0. The molecule has 1 unspecified atom stereocenters. The highest BCUT2D eigenvalue weighted by atomic mass is 16.3. The maximum Gasteiger partial charge on any atom is 0.192 e. The minimum absolute atomic E-state index is 0.273. The van der Waals surface area contributed by atoms with Crippen molar-refractivity contribution in [2.45, 2.75) is 13.0 Å². The molecule has 3 heteroatoms. The van der Waals surface area contributed by atoms with Gasteiger partial charge in [0.1, 0.15) is 5.76 Å². The number of carbonyl (C=O) groups is 1. The highest BCUT2D eigenvalue weighted by Gasteiger charge is 2.20. The summed E-state index contributed by atoms with van der Waals surface area (Å²) in [6.07, 6.45) is 1.32. The Hall–Kier alpha value is -1.09. The zero-order chi connectivity index (χ0) is 7.72. The maximum absolute atomic E-state index is 10.7. The number of hydrogen-bond donors (Lipinski definition) is 2. The smallest absolute Gasteiger partial charge is 0.192 e. The molecule has 1 aliphatic carbocycles. The first-order valence-corrected chi connectivity index (χ1v) is 2.92. The number of hydrogen-bond acceptors (Lipinski definition) is 3. The van der Waals surface area contributed by atoms with Crippen LogP contribution in [0, 0.1) is 0 Å². The van der Waals surface area contributed by atoms with Crippen LogP contribution in [0.2, 0.25) is 0 Å². The topological polar surface area (TPSA) is 57.5 Å². The van der Waals surface area contributed by atoms with Gasteiger partial charge in [-0.3, -0.25) is 4.79 Å². The molecule has 0 amide bonds. The molecule has 1 rings (SSSR count). The van der Waals surface area contributed by atoms with E-state index in [0.29, 0.717) is 5.57 Å². The van der Waals surface area contributed by atoms with Gasteiger partial charge in [-0.05, 0) is 24.6 Å². The second-order valence-corrected chi connectivity index (χ2v) is 2.26. The van der Waals surface area contributed by atoms with Crippen LogP contribution in [0.3, 0.4) is 0 Å². The quantitative estimate of drug-likeness (QED) is 0.509. The molecule has 54 valence electrons. The van der Waals surface area contributed by atoms with Crippen molar-refractivity contribution in [2.75, 3.05) is 0 Å². The Morgan fingerprint density at radius 1 is 1.50 bits per heavy atom. The fourth-order valence-electron chi connectivity index (χ4n) is 0.803. The lowest BCUT2D eigenvalue weighted by Gasteiger charge is -2.10. The number of aliphatic hydroxyl groups excluding tert-OH is 2. The Kier molecular flexibility index (Phi) is 1.59. The van der Waals surface area contributed by atoms with Gasteiger partial charge in [0.15, 0.2) is 11.9 Å². The molecule has 0 saturated heterocycles.